The Morgan fingerprint density at radius 2 is 2.11 bits per heavy atom. The number of nitrogens with one attached hydrogen (secondary N) is 1. The lowest BCUT2D eigenvalue weighted by molar-refractivity contribution is 0.342. The molecule has 2 rings (SSSR count). The molecule has 19 heavy (non-hydrogen) atoms. The van der Waals surface area contributed by atoms with Gasteiger partial charge in [0.2, 0.25) is 10.0 Å². The second kappa shape index (κ2) is 5.51. The lowest BCUT2D eigenvalue weighted by Crippen LogP contribution is -2.38. The molecule has 0 amide bonds. The van der Waals surface area contributed by atoms with Crippen molar-refractivity contribution >= 4 is 15.7 Å². The van der Waals surface area contributed by atoms with E-state index in [2.05, 4.69) is 5.32 Å². The summed E-state index contributed by atoms with van der Waals surface area (Å²) in [6, 6.07) is 5.42. The lowest BCUT2D eigenvalue weighted by atomic mass is 10.2. The predicted octanol–water partition coefficient (Wildman–Crippen LogP) is 2.46. The second-order valence-electron chi connectivity index (χ2n) is 4.96. The molecule has 1 aliphatic rings. The number of benzene rings is 1. The Bertz CT molecular complexity index is 555. The van der Waals surface area contributed by atoms with Crippen LogP contribution in [0.1, 0.15) is 32.8 Å². The van der Waals surface area contributed by atoms with E-state index in [0.29, 0.717) is 11.4 Å². The molecule has 1 unspecified atom stereocenters. The van der Waals surface area contributed by atoms with Gasteiger partial charge in [0.25, 0.3) is 0 Å². The summed E-state index contributed by atoms with van der Waals surface area (Å²) in [5, 5.41) is 3.25. The normalized spacial score (nSPS) is 16.2. The highest BCUT2D eigenvalue weighted by molar-refractivity contribution is 7.89. The fourth-order valence-electron chi connectivity index (χ4n) is 2.50. The van der Waals surface area contributed by atoms with Crippen LogP contribution in [0.2, 0.25) is 0 Å². The van der Waals surface area contributed by atoms with E-state index in [-0.39, 0.29) is 6.04 Å². The van der Waals surface area contributed by atoms with Crippen molar-refractivity contribution in [3.8, 4) is 0 Å². The van der Waals surface area contributed by atoms with Gasteiger partial charge in [-0.25, -0.2) is 8.42 Å². The molecule has 106 valence electrons. The van der Waals surface area contributed by atoms with Crippen molar-refractivity contribution < 1.29 is 8.42 Å². The number of fused-ring (bicyclic) bond motifs is 1. The highest BCUT2D eigenvalue weighted by Crippen LogP contribution is 2.27. The fraction of sp³-hybridized carbons (Fsp3) is 0.571. The van der Waals surface area contributed by atoms with Gasteiger partial charge in [0.15, 0.2) is 0 Å². The van der Waals surface area contributed by atoms with E-state index in [1.165, 1.54) is 0 Å². The summed E-state index contributed by atoms with van der Waals surface area (Å²) in [4.78, 5) is 0.414. The van der Waals surface area contributed by atoms with Gasteiger partial charge in [-0.1, -0.05) is 13.8 Å². The zero-order valence-corrected chi connectivity index (χ0v) is 12.6. The van der Waals surface area contributed by atoms with Gasteiger partial charge in [-0.3, -0.25) is 0 Å². The van der Waals surface area contributed by atoms with Crippen LogP contribution in [0.4, 0.5) is 5.69 Å². The maximum absolute atomic E-state index is 12.7. The van der Waals surface area contributed by atoms with Gasteiger partial charge < -0.3 is 5.32 Å². The first-order valence-corrected chi connectivity index (χ1v) is 8.33. The van der Waals surface area contributed by atoms with E-state index in [4.69, 9.17) is 0 Å². The molecule has 4 nitrogen and oxygen atoms in total. The van der Waals surface area contributed by atoms with Gasteiger partial charge >= 0.3 is 0 Å². The third kappa shape index (κ3) is 2.62. The fourth-order valence-corrected chi connectivity index (χ4v) is 4.26. The van der Waals surface area contributed by atoms with Crippen molar-refractivity contribution in [2.45, 2.75) is 44.6 Å². The molecule has 1 aliphatic heterocycles. The molecule has 1 aromatic rings. The van der Waals surface area contributed by atoms with Crippen molar-refractivity contribution in [3.05, 3.63) is 23.8 Å². The van der Waals surface area contributed by atoms with Gasteiger partial charge in [-0.05, 0) is 43.5 Å². The lowest BCUT2D eigenvalue weighted by Gasteiger charge is -2.26. The van der Waals surface area contributed by atoms with Crippen LogP contribution in [0, 0.1) is 0 Å². The minimum atomic E-state index is -3.38. The first kappa shape index (κ1) is 14.3. The highest BCUT2D eigenvalue weighted by atomic mass is 32.2. The number of rotatable bonds is 5. The topological polar surface area (TPSA) is 49.4 Å². The minimum Gasteiger partial charge on any atom is -0.384 e. The molecular formula is C14H22N2O2S. The van der Waals surface area contributed by atoms with E-state index in [9.17, 15) is 8.42 Å². The van der Waals surface area contributed by atoms with Crippen LogP contribution in [0.5, 0.6) is 0 Å². The van der Waals surface area contributed by atoms with Crippen LogP contribution in [-0.4, -0.2) is 31.9 Å². The Morgan fingerprint density at radius 1 is 1.37 bits per heavy atom. The first-order valence-electron chi connectivity index (χ1n) is 6.89. The van der Waals surface area contributed by atoms with E-state index in [0.717, 1.165) is 30.6 Å². The average Bonchev–Trinajstić information content (AvgIpc) is 2.86. The number of nitrogens with zero attached hydrogens (tertiary/aromatic N) is 1. The zero-order valence-electron chi connectivity index (χ0n) is 11.8. The Hall–Kier alpha value is -1.07. The van der Waals surface area contributed by atoms with Crippen LogP contribution in [0.3, 0.4) is 0 Å². The van der Waals surface area contributed by atoms with Crippen LogP contribution in [0.15, 0.2) is 23.1 Å². The standard InChI is InChI=1S/C14H22N2O2S/c1-4-11(3)16(5-2)19(17,18)13-6-7-14-12(10-13)8-9-15-14/h6-7,10-11,15H,4-5,8-9H2,1-3H3. The summed E-state index contributed by atoms with van der Waals surface area (Å²) in [7, 11) is -3.38. The van der Waals surface area contributed by atoms with Crippen molar-refractivity contribution in [2.24, 2.45) is 0 Å². The van der Waals surface area contributed by atoms with E-state index < -0.39 is 10.0 Å². The third-order valence-corrected chi connectivity index (χ3v) is 5.87. The summed E-state index contributed by atoms with van der Waals surface area (Å²) in [5.41, 5.74) is 2.16. The third-order valence-electron chi connectivity index (χ3n) is 3.79. The Morgan fingerprint density at radius 3 is 2.74 bits per heavy atom. The Labute approximate surface area is 115 Å². The SMILES string of the molecule is CCC(C)N(CC)S(=O)(=O)c1ccc2c(c1)CCN2. The minimum absolute atomic E-state index is 0.0291. The van der Waals surface area contributed by atoms with Gasteiger partial charge in [-0.15, -0.1) is 0 Å². The maximum atomic E-state index is 12.7. The quantitative estimate of drug-likeness (QED) is 0.902. The monoisotopic (exact) mass is 282 g/mol. The van der Waals surface area contributed by atoms with Crippen LogP contribution >= 0.6 is 0 Å². The molecule has 0 bridgehead atoms. The second-order valence-corrected chi connectivity index (χ2v) is 6.85. The summed E-state index contributed by atoms with van der Waals surface area (Å²) in [5.74, 6) is 0. The molecule has 1 aromatic carbocycles. The van der Waals surface area contributed by atoms with Crippen molar-refractivity contribution in [3.63, 3.8) is 0 Å². The number of hydrogen-bond acceptors (Lipinski definition) is 3. The number of anilines is 1. The van der Waals surface area contributed by atoms with Gasteiger partial charge in [-0.2, -0.15) is 4.31 Å². The molecule has 0 saturated carbocycles. The smallest absolute Gasteiger partial charge is 0.243 e. The van der Waals surface area contributed by atoms with Gasteiger partial charge in [0, 0.05) is 24.8 Å². The first-order chi connectivity index (χ1) is 9.00. The molecule has 1 heterocycles. The Balaban J connectivity index is 2.38. The van der Waals surface area contributed by atoms with Crippen LogP contribution in [0.25, 0.3) is 0 Å². The molecule has 1 N–H and O–H groups in total. The molecule has 0 spiro atoms. The molecule has 0 saturated heterocycles. The van der Waals surface area contributed by atoms with Gasteiger partial charge in [0.1, 0.15) is 0 Å². The largest absolute Gasteiger partial charge is 0.384 e. The number of hydrogen-bond donors (Lipinski definition) is 1. The molecule has 5 heteroatoms. The van der Waals surface area contributed by atoms with Gasteiger partial charge in [0.05, 0.1) is 4.90 Å². The molecule has 1 atom stereocenters. The molecule has 0 aromatic heterocycles. The summed E-state index contributed by atoms with van der Waals surface area (Å²) in [6.45, 7) is 7.25. The van der Waals surface area contributed by atoms with Crippen LogP contribution < -0.4 is 5.32 Å². The van der Waals surface area contributed by atoms with Crippen molar-refractivity contribution in [2.75, 3.05) is 18.4 Å². The van der Waals surface area contributed by atoms with Crippen LogP contribution in [-0.2, 0) is 16.4 Å². The highest BCUT2D eigenvalue weighted by Gasteiger charge is 2.27. The van der Waals surface area contributed by atoms with E-state index in [1.807, 2.05) is 32.9 Å². The summed E-state index contributed by atoms with van der Waals surface area (Å²) < 4.78 is 26.9. The van der Waals surface area contributed by atoms with Crippen molar-refractivity contribution in [1.82, 2.24) is 4.31 Å². The Kier molecular flexibility index (Phi) is 4.16. The zero-order chi connectivity index (χ0) is 14.0. The van der Waals surface area contributed by atoms with Crippen molar-refractivity contribution in [1.29, 1.82) is 0 Å². The summed E-state index contributed by atoms with van der Waals surface area (Å²) >= 11 is 0. The molecule has 0 radical (unpaired) electrons. The van der Waals surface area contributed by atoms with E-state index in [1.54, 1.807) is 10.4 Å². The molecule has 0 fully saturated rings. The average molecular weight is 282 g/mol. The molecular weight excluding hydrogens is 260 g/mol. The molecule has 0 aliphatic carbocycles. The van der Waals surface area contributed by atoms with E-state index >= 15 is 0 Å². The summed E-state index contributed by atoms with van der Waals surface area (Å²) in [6.07, 6.45) is 1.72. The maximum Gasteiger partial charge on any atom is 0.243 e. The predicted molar refractivity (Wildman–Crippen MR) is 78.0 cm³/mol. The number of sulfonamides is 1.